The second-order valence-corrected chi connectivity index (χ2v) is 7.00. The molecule has 1 N–H and O–H groups in total. The quantitative estimate of drug-likeness (QED) is 0.261. The third kappa shape index (κ3) is 6.47. The van der Waals surface area contributed by atoms with Gasteiger partial charge in [-0.1, -0.05) is 18.2 Å². The highest BCUT2D eigenvalue weighted by Crippen LogP contribution is 2.06. The number of anilines is 1. The molecular weight excluding hydrogens is 326 g/mol. The Hall–Kier alpha value is -2.25. The number of benzene rings is 1. The van der Waals surface area contributed by atoms with Gasteiger partial charge in [0.25, 0.3) is 0 Å². The van der Waals surface area contributed by atoms with E-state index in [1.54, 1.807) is 0 Å². The second kappa shape index (κ2) is 8.56. The van der Waals surface area contributed by atoms with Crippen LogP contribution in [0.5, 0.6) is 0 Å². The molecule has 0 saturated heterocycles. The number of hydrogen-bond acceptors (Lipinski definition) is 5. The normalized spacial score (nSPS) is 12.2. The van der Waals surface area contributed by atoms with Crippen LogP contribution in [0.3, 0.4) is 0 Å². The number of hydrogen-bond donors (Lipinski definition) is 1. The van der Waals surface area contributed by atoms with E-state index in [1.165, 1.54) is 0 Å². The fourth-order valence-corrected chi connectivity index (χ4v) is 2.73. The smallest absolute Gasteiger partial charge is 0.177 e. The maximum atomic E-state index is 10.6. The van der Waals surface area contributed by atoms with Gasteiger partial charge in [0.05, 0.1) is 27.1 Å². The minimum Gasteiger partial charge on any atom is -0.748 e. The highest BCUT2D eigenvalue weighted by molar-refractivity contribution is 7.85. The van der Waals surface area contributed by atoms with E-state index in [-0.39, 0.29) is 5.75 Å². The summed E-state index contributed by atoms with van der Waals surface area (Å²) in [5.74, 6) is -0.311. The molecule has 0 aliphatic heterocycles. The molecule has 0 saturated carbocycles. The third-order valence-electron chi connectivity index (χ3n) is 3.46. The van der Waals surface area contributed by atoms with Crippen LogP contribution in [0.4, 0.5) is 5.69 Å². The first-order valence-corrected chi connectivity index (χ1v) is 9.30. The van der Waals surface area contributed by atoms with Crippen LogP contribution < -0.4 is 9.99 Å². The molecule has 1 aromatic carbocycles. The number of aryl methyl sites for hydroxylation is 1. The molecule has 0 unspecified atom stereocenters. The molecule has 0 aliphatic rings. The van der Waals surface area contributed by atoms with Crippen LogP contribution in [0.25, 0.3) is 0 Å². The number of pyridine rings is 1. The van der Waals surface area contributed by atoms with Crippen LogP contribution in [-0.2, 0) is 16.7 Å². The molecule has 0 atom stereocenters. The van der Waals surface area contributed by atoms with E-state index in [4.69, 9.17) is 0 Å². The van der Waals surface area contributed by atoms with Crippen molar-refractivity contribution in [1.29, 1.82) is 0 Å². The van der Waals surface area contributed by atoms with Crippen molar-refractivity contribution in [2.45, 2.75) is 26.3 Å². The van der Waals surface area contributed by atoms with Gasteiger partial charge in [-0.2, -0.15) is 5.10 Å². The minimum atomic E-state index is -4.12. The zero-order valence-electron chi connectivity index (χ0n) is 13.6. The molecule has 2 rings (SSSR count). The molecule has 0 spiro atoms. The molecule has 2 aromatic rings. The summed E-state index contributed by atoms with van der Waals surface area (Å²) < 4.78 is 33.7. The number of unbranched alkanes of at least 4 members (excludes halogenated alkanes) is 1. The molecule has 0 bridgehead atoms. The Morgan fingerprint density at radius 3 is 2.62 bits per heavy atom. The van der Waals surface area contributed by atoms with Gasteiger partial charge in [0.15, 0.2) is 12.4 Å². The Kier molecular flexibility index (Phi) is 6.45. The van der Waals surface area contributed by atoms with Gasteiger partial charge >= 0.3 is 0 Å². The second-order valence-electron chi connectivity index (χ2n) is 5.47. The molecule has 0 aliphatic carbocycles. The van der Waals surface area contributed by atoms with Crippen molar-refractivity contribution in [1.82, 2.24) is 0 Å². The van der Waals surface area contributed by atoms with Crippen molar-refractivity contribution in [3.8, 4) is 0 Å². The summed E-state index contributed by atoms with van der Waals surface area (Å²) in [5, 5.41) is 4.37. The van der Waals surface area contributed by atoms with Crippen LogP contribution >= 0.6 is 0 Å². The Morgan fingerprint density at radius 1 is 1.17 bits per heavy atom. The Labute approximate surface area is 142 Å². The van der Waals surface area contributed by atoms with E-state index >= 15 is 0 Å². The van der Waals surface area contributed by atoms with Gasteiger partial charge in [-0.25, -0.2) is 13.0 Å². The summed E-state index contributed by atoms with van der Waals surface area (Å²) in [4.78, 5) is 0. The summed E-state index contributed by atoms with van der Waals surface area (Å²) >= 11 is 0. The van der Waals surface area contributed by atoms with E-state index in [0.717, 1.165) is 17.0 Å². The van der Waals surface area contributed by atoms with Gasteiger partial charge in [-0.3, -0.25) is 5.43 Å². The lowest BCUT2D eigenvalue weighted by atomic mass is 10.2. The lowest BCUT2D eigenvalue weighted by Crippen LogP contribution is -2.34. The van der Waals surface area contributed by atoms with Gasteiger partial charge in [0.1, 0.15) is 6.54 Å². The fraction of sp³-hybridized carbons (Fsp3) is 0.294. The first-order valence-electron chi connectivity index (χ1n) is 7.72. The van der Waals surface area contributed by atoms with E-state index in [9.17, 15) is 13.0 Å². The van der Waals surface area contributed by atoms with E-state index < -0.39 is 10.1 Å². The number of para-hydroxylation sites is 1. The van der Waals surface area contributed by atoms with Crippen molar-refractivity contribution < 1.29 is 17.5 Å². The van der Waals surface area contributed by atoms with E-state index in [1.807, 2.05) is 66.3 Å². The highest BCUT2D eigenvalue weighted by atomic mass is 32.2. The maximum Gasteiger partial charge on any atom is 0.177 e. The van der Waals surface area contributed by atoms with Crippen LogP contribution in [0.1, 0.15) is 25.3 Å². The average molecular weight is 347 g/mol. The van der Waals surface area contributed by atoms with Crippen molar-refractivity contribution in [2.24, 2.45) is 5.10 Å². The SMILES string of the molecule is CC(=NNc1ccccc1)c1ccc[n+](CCCCS(=O)(=O)[O-])c1. The van der Waals surface area contributed by atoms with Crippen molar-refractivity contribution in [3.05, 3.63) is 60.4 Å². The summed E-state index contributed by atoms with van der Waals surface area (Å²) in [5.41, 5.74) is 5.74. The molecule has 0 amide bonds. The van der Waals surface area contributed by atoms with E-state index in [2.05, 4.69) is 10.5 Å². The summed E-state index contributed by atoms with van der Waals surface area (Å²) in [6.45, 7) is 2.57. The minimum absolute atomic E-state index is 0.311. The lowest BCUT2D eigenvalue weighted by molar-refractivity contribution is -0.697. The molecule has 0 fully saturated rings. The summed E-state index contributed by atoms with van der Waals surface area (Å²) in [7, 11) is -4.12. The van der Waals surface area contributed by atoms with Gasteiger partial charge < -0.3 is 4.55 Å². The monoisotopic (exact) mass is 347 g/mol. The van der Waals surface area contributed by atoms with Crippen molar-refractivity contribution >= 4 is 21.5 Å². The van der Waals surface area contributed by atoms with Gasteiger partial charge in [-0.05, 0) is 31.5 Å². The topological polar surface area (TPSA) is 85.5 Å². The Balaban J connectivity index is 1.93. The van der Waals surface area contributed by atoms with E-state index in [0.29, 0.717) is 19.4 Å². The number of aromatic nitrogens is 1. The molecule has 128 valence electrons. The van der Waals surface area contributed by atoms with Crippen molar-refractivity contribution in [3.63, 3.8) is 0 Å². The largest absolute Gasteiger partial charge is 0.748 e. The summed E-state index contributed by atoms with van der Waals surface area (Å²) in [6.07, 6.45) is 4.87. The predicted molar refractivity (Wildman–Crippen MR) is 92.7 cm³/mol. The first-order chi connectivity index (χ1) is 11.4. The number of nitrogens with one attached hydrogen (secondary N) is 1. The van der Waals surface area contributed by atoms with Crippen molar-refractivity contribution in [2.75, 3.05) is 11.2 Å². The summed E-state index contributed by atoms with van der Waals surface area (Å²) in [6, 6.07) is 13.6. The molecular formula is C17H21N3O3S. The molecule has 7 heteroatoms. The molecule has 1 aromatic heterocycles. The standard InChI is InChI=1S/C17H21N3O3S/c1-15(18-19-17-9-3-2-4-10-17)16-8-7-12-20(14-16)11-5-6-13-24(21,22)23/h2-4,7-10,12,14,19H,5-6,11,13H2,1H3. The highest BCUT2D eigenvalue weighted by Gasteiger charge is 2.06. The zero-order chi connectivity index (χ0) is 17.4. The Bertz CT molecular complexity index is 790. The zero-order valence-corrected chi connectivity index (χ0v) is 14.4. The predicted octanol–water partition coefficient (Wildman–Crippen LogP) is 2.14. The van der Waals surface area contributed by atoms with Crippen LogP contribution in [0.15, 0.2) is 60.0 Å². The van der Waals surface area contributed by atoms with Gasteiger partial charge in [0, 0.05) is 18.2 Å². The van der Waals surface area contributed by atoms with Gasteiger partial charge in [0.2, 0.25) is 0 Å². The molecule has 24 heavy (non-hydrogen) atoms. The van der Waals surface area contributed by atoms with Gasteiger partial charge in [-0.15, -0.1) is 0 Å². The van der Waals surface area contributed by atoms with Crippen LogP contribution in [0, 0.1) is 0 Å². The number of nitrogens with zero attached hydrogens (tertiary/aromatic N) is 2. The Morgan fingerprint density at radius 2 is 1.92 bits per heavy atom. The third-order valence-corrected chi connectivity index (χ3v) is 4.25. The van der Waals surface area contributed by atoms with Crippen LogP contribution in [0.2, 0.25) is 0 Å². The fourth-order valence-electron chi connectivity index (χ4n) is 2.17. The molecule has 6 nitrogen and oxygen atoms in total. The number of rotatable bonds is 8. The average Bonchev–Trinajstić information content (AvgIpc) is 2.57. The maximum absolute atomic E-state index is 10.6. The number of hydrazone groups is 1. The first kappa shape index (κ1) is 18.1. The molecule has 1 heterocycles. The lowest BCUT2D eigenvalue weighted by Gasteiger charge is -2.05. The molecule has 0 radical (unpaired) electrons. The van der Waals surface area contributed by atoms with Crippen LogP contribution in [-0.4, -0.2) is 24.4 Å².